The maximum Gasteiger partial charge on any atom is 0.308 e. The molecule has 0 saturated carbocycles. The summed E-state index contributed by atoms with van der Waals surface area (Å²) in [7, 11) is 2.85. The average molecular weight is 382 g/mol. The van der Waals surface area contributed by atoms with Crippen LogP contribution in [0.3, 0.4) is 0 Å². The highest BCUT2D eigenvalue weighted by Gasteiger charge is 2.39. The van der Waals surface area contributed by atoms with Crippen LogP contribution in [-0.4, -0.2) is 67.3 Å². The van der Waals surface area contributed by atoms with Gasteiger partial charge < -0.3 is 24.2 Å². The van der Waals surface area contributed by atoms with Crippen LogP contribution >= 0.6 is 0 Å². The fraction of sp³-hybridized carbons (Fsp3) is 0.529. The number of nitro groups is 1. The number of likely N-dealkylation sites (tertiary alicyclic amines) is 1. The first-order valence-electron chi connectivity index (χ1n) is 8.30. The zero-order valence-electron chi connectivity index (χ0n) is 15.3. The van der Waals surface area contributed by atoms with Crippen molar-refractivity contribution >= 4 is 17.6 Å². The largest absolute Gasteiger partial charge is 0.493 e. The molecule has 2 rings (SSSR count). The molecular formula is C17H22N2O8. The molecule has 1 saturated heterocycles. The van der Waals surface area contributed by atoms with Crippen LogP contribution < -0.4 is 9.47 Å². The Kier molecular flexibility index (Phi) is 6.56. The quantitative estimate of drug-likeness (QED) is 0.406. The molecule has 10 nitrogen and oxygen atoms in total. The van der Waals surface area contributed by atoms with Crippen LogP contribution in [0.2, 0.25) is 0 Å². The van der Waals surface area contributed by atoms with Crippen molar-refractivity contribution in [1.29, 1.82) is 0 Å². The van der Waals surface area contributed by atoms with Crippen LogP contribution in [0, 0.1) is 22.0 Å². The van der Waals surface area contributed by atoms with Gasteiger partial charge >= 0.3 is 5.97 Å². The summed E-state index contributed by atoms with van der Waals surface area (Å²) in [6.45, 7) is 2.37. The Labute approximate surface area is 155 Å². The molecule has 0 aromatic heterocycles. The molecule has 27 heavy (non-hydrogen) atoms. The number of hydrogen-bond acceptors (Lipinski definition) is 7. The summed E-state index contributed by atoms with van der Waals surface area (Å²) in [5.41, 5.74) is -0.603. The van der Waals surface area contributed by atoms with E-state index in [-0.39, 0.29) is 49.3 Å². The molecule has 0 radical (unpaired) electrons. The van der Waals surface area contributed by atoms with Crippen molar-refractivity contribution in [1.82, 2.24) is 4.90 Å². The van der Waals surface area contributed by atoms with Gasteiger partial charge in [-0.25, -0.2) is 0 Å². The lowest BCUT2D eigenvalue weighted by Crippen LogP contribution is -2.30. The third kappa shape index (κ3) is 4.45. The Bertz CT molecular complexity index is 736. The first kappa shape index (κ1) is 20.4. The number of methoxy groups -OCH3 is 2. The molecule has 1 aliphatic heterocycles. The predicted octanol–water partition coefficient (Wildman–Crippen LogP) is 1.42. The van der Waals surface area contributed by atoms with E-state index in [9.17, 15) is 24.8 Å². The number of ether oxygens (including phenoxy) is 3. The molecule has 0 aliphatic carbocycles. The number of hydrogen-bond donors (Lipinski definition) is 1. The molecule has 2 atom stereocenters. The minimum Gasteiger partial charge on any atom is -0.493 e. The molecule has 1 aromatic rings. The summed E-state index contributed by atoms with van der Waals surface area (Å²) in [4.78, 5) is 36.2. The Hall–Kier alpha value is -2.88. The number of benzene rings is 1. The first-order chi connectivity index (χ1) is 12.8. The molecule has 1 aliphatic rings. The van der Waals surface area contributed by atoms with E-state index >= 15 is 0 Å². The summed E-state index contributed by atoms with van der Waals surface area (Å²) in [5.74, 6) is -2.26. The van der Waals surface area contributed by atoms with Crippen LogP contribution in [-0.2, 0) is 9.53 Å². The molecule has 1 heterocycles. The molecule has 10 heteroatoms. The van der Waals surface area contributed by atoms with E-state index in [4.69, 9.17) is 14.2 Å². The third-order valence-electron chi connectivity index (χ3n) is 4.47. The number of carbonyl (C=O) groups is 2. The van der Waals surface area contributed by atoms with E-state index in [1.54, 1.807) is 6.92 Å². The predicted molar refractivity (Wildman–Crippen MR) is 93.2 cm³/mol. The zero-order chi connectivity index (χ0) is 20.1. The number of carbonyl (C=O) groups excluding carboxylic acids is 1. The number of rotatable bonds is 8. The van der Waals surface area contributed by atoms with Gasteiger partial charge in [-0.3, -0.25) is 19.7 Å². The second-order valence-electron chi connectivity index (χ2n) is 6.25. The van der Waals surface area contributed by atoms with Crippen molar-refractivity contribution in [3.8, 4) is 11.5 Å². The van der Waals surface area contributed by atoms with E-state index in [2.05, 4.69) is 0 Å². The van der Waals surface area contributed by atoms with Crippen molar-refractivity contribution in [2.24, 2.45) is 11.8 Å². The summed E-state index contributed by atoms with van der Waals surface area (Å²) in [6.07, 6.45) is 0. The summed E-state index contributed by atoms with van der Waals surface area (Å²) < 4.78 is 15.5. The fourth-order valence-corrected chi connectivity index (χ4v) is 3.00. The SMILES string of the molecule is COCCOc1cc([N+](=O)[O-])c(C(=O)N2C[C@@H](C)[C@H](C(=O)O)C2)cc1OC. The molecule has 148 valence electrons. The van der Waals surface area contributed by atoms with Crippen LogP contribution in [0.4, 0.5) is 5.69 Å². The molecule has 0 bridgehead atoms. The Morgan fingerprint density at radius 1 is 1.26 bits per heavy atom. The molecule has 1 aromatic carbocycles. The maximum absolute atomic E-state index is 12.8. The van der Waals surface area contributed by atoms with E-state index in [1.165, 1.54) is 25.2 Å². The van der Waals surface area contributed by atoms with Gasteiger partial charge in [0.05, 0.1) is 30.6 Å². The summed E-state index contributed by atoms with van der Waals surface area (Å²) >= 11 is 0. The Morgan fingerprint density at radius 2 is 1.96 bits per heavy atom. The normalized spacial score (nSPS) is 19.0. The third-order valence-corrected chi connectivity index (χ3v) is 4.47. The Morgan fingerprint density at radius 3 is 2.48 bits per heavy atom. The van der Waals surface area contributed by atoms with Gasteiger partial charge in [0.2, 0.25) is 0 Å². The van der Waals surface area contributed by atoms with Gasteiger partial charge in [0, 0.05) is 26.3 Å². The van der Waals surface area contributed by atoms with Crippen LogP contribution in [0.15, 0.2) is 12.1 Å². The molecular weight excluding hydrogens is 360 g/mol. The van der Waals surface area contributed by atoms with Gasteiger partial charge in [-0.15, -0.1) is 0 Å². The molecule has 1 amide bonds. The van der Waals surface area contributed by atoms with Crippen molar-refractivity contribution in [2.45, 2.75) is 6.92 Å². The second kappa shape index (κ2) is 8.67. The molecule has 0 spiro atoms. The van der Waals surface area contributed by atoms with E-state index in [0.717, 1.165) is 6.07 Å². The zero-order valence-corrected chi connectivity index (χ0v) is 15.3. The van der Waals surface area contributed by atoms with Crippen molar-refractivity contribution < 1.29 is 33.8 Å². The van der Waals surface area contributed by atoms with Gasteiger partial charge in [0.1, 0.15) is 12.2 Å². The van der Waals surface area contributed by atoms with Gasteiger partial charge in [-0.1, -0.05) is 6.92 Å². The number of nitro benzene ring substituents is 1. The number of carboxylic acids is 1. The maximum atomic E-state index is 12.8. The lowest BCUT2D eigenvalue weighted by Gasteiger charge is -2.17. The molecule has 1 fully saturated rings. The highest BCUT2D eigenvalue weighted by atomic mass is 16.6. The summed E-state index contributed by atoms with van der Waals surface area (Å²) in [6, 6.07) is 2.39. The van der Waals surface area contributed by atoms with E-state index in [0.29, 0.717) is 0 Å². The first-order valence-corrected chi connectivity index (χ1v) is 8.30. The van der Waals surface area contributed by atoms with Gasteiger partial charge in [-0.2, -0.15) is 0 Å². The second-order valence-corrected chi connectivity index (χ2v) is 6.25. The lowest BCUT2D eigenvalue weighted by molar-refractivity contribution is -0.385. The van der Waals surface area contributed by atoms with Gasteiger partial charge in [-0.05, 0) is 5.92 Å². The highest BCUT2D eigenvalue weighted by molar-refractivity contribution is 5.99. The van der Waals surface area contributed by atoms with Crippen molar-refractivity contribution in [2.75, 3.05) is 40.5 Å². The lowest BCUT2D eigenvalue weighted by atomic mass is 9.99. The number of carboxylic acid groups (broad SMARTS) is 1. The Balaban J connectivity index is 2.36. The standard InChI is InChI=1S/C17H22N2O8/c1-10-8-18(9-12(10)17(21)22)16(20)11-6-14(26-3)15(27-5-4-25-2)7-13(11)19(23)24/h6-7,10,12H,4-5,8-9H2,1-3H3,(H,21,22)/t10-,12-/m1/s1. The van der Waals surface area contributed by atoms with E-state index in [1.807, 2.05) is 0 Å². The number of aliphatic carboxylic acids is 1. The van der Waals surface area contributed by atoms with Crippen LogP contribution in [0.1, 0.15) is 17.3 Å². The van der Waals surface area contributed by atoms with Crippen LogP contribution in [0.5, 0.6) is 11.5 Å². The van der Waals surface area contributed by atoms with E-state index < -0.39 is 28.4 Å². The minimum absolute atomic E-state index is 0.000886. The summed E-state index contributed by atoms with van der Waals surface area (Å²) in [5, 5.41) is 20.7. The van der Waals surface area contributed by atoms with Gasteiger partial charge in [0.25, 0.3) is 11.6 Å². The van der Waals surface area contributed by atoms with Crippen LogP contribution in [0.25, 0.3) is 0 Å². The van der Waals surface area contributed by atoms with Gasteiger partial charge in [0.15, 0.2) is 11.5 Å². The number of nitrogens with zero attached hydrogens (tertiary/aromatic N) is 2. The molecule has 1 N–H and O–H groups in total. The van der Waals surface area contributed by atoms with Crippen molar-refractivity contribution in [3.63, 3.8) is 0 Å². The average Bonchev–Trinajstić information content (AvgIpc) is 3.02. The highest BCUT2D eigenvalue weighted by Crippen LogP contribution is 2.36. The smallest absolute Gasteiger partial charge is 0.308 e. The fourth-order valence-electron chi connectivity index (χ4n) is 3.00. The molecule has 0 unspecified atom stereocenters. The number of amides is 1. The topological polar surface area (TPSA) is 128 Å². The minimum atomic E-state index is -0.994. The van der Waals surface area contributed by atoms with Crippen molar-refractivity contribution in [3.05, 3.63) is 27.8 Å². The monoisotopic (exact) mass is 382 g/mol.